The van der Waals surface area contributed by atoms with Crippen LogP contribution in [0.3, 0.4) is 0 Å². The zero-order valence-corrected chi connectivity index (χ0v) is 19.3. The van der Waals surface area contributed by atoms with Gasteiger partial charge in [0.2, 0.25) is 0 Å². The van der Waals surface area contributed by atoms with Crippen molar-refractivity contribution in [3.05, 3.63) is 35.4 Å². The summed E-state index contributed by atoms with van der Waals surface area (Å²) in [5, 5.41) is 6.81. The van der Waals surface area contributed by atoms with Crippen molar-refractivity contribution in [3.63, 3.8) is 0 Å². The molecule has 6 heteroatoms. The second kappa shape index (κ2) is 10.6. The highest BCUT2D eigenvalue weighted by Gasteiger charge is 2.29. The molecule has 5 nitrogen and oxygen atoms in total. The summed E-state index contributed by atoms with van der Waals surface area (Å²) in [6.45, 7) is 12.2. The molecule has 1 fully saturated rings. The average molecular weight is 486 g/mol. The minimum atomic E-state index is 0. The van der Waals surface area contributed by atoms with Gasteiger partial charge in [0.1, 0.15) is 0 Å². The molecule has 1 aromatic carbocycles. The van der Waals surface area contributed by atoms with Gasteiger partial charge in [0.15, 0.2) is 5.96 Å². The second-order valence-corrected chi connectivity index (χ2v) is 7.96. The molecule has 0 aromatic heterocycles. The molecule has 152 valence electrons. The summed E-state index contributed by atoms with van der Waals surface area (Å²) in [5.41, 5.74) is 2.98. The van der Waals surface area contributed by atoms with Gasteiger partial charge in [-0.1, -0.05) is 24.3 Å². The van der Waals surface area contributed by atoms with Crippen molar-refractivity contribution in [3.8, 4) is 0 Å². The minimum Gasteiger partial charge on any atom is -0.376 e. The van der Waals surface area contributed by atoms with Crippen molar-refractivity contribution < 1.29 is 4.74 Å². The molecule has 1 saturated heterocycles. The van der Waals surface area contributed by atoms with E-state index in [1.54, 1.807) is 0 Å². The third kappa shape index (κ3) is 6.32. The van der Waals surface area contributed by atoms with Crippen LogP contribution in [0.5, 0.6) is 0 Å². The number of benzene rings is 1. The van der Waals surface area contributed by atoms with Crippen LogP contribution in [0.1, 0.15) is 44.7 Å². The maximum atomic E-state index is 5.70. The Bertz CT molecular complexity index is 614. The number of rotatable bonds is 6. The molecule has 2 aliphatic heterocycles. The van der Waals surface area contributed by atoms with Crippen molar-refractivity contribution in [1.82, 2.24) is 15.5 Å². The molecule has 0 spiro atoms. The van der Waals surface area contributed by atoms with Gasteiger partial charge in [-0.3, -0.25) is 9.89 Å². The first-order chi connectivity index (χ1) is 12.6. The number of nitrogens with zero attached hydrogens (tertiary/aromatic N) is 2. The van der Waals surface area contributed by atoms with E-state index in [0.717, 1.165) is 58.1 Å². The zero-order chi connectivity index (χ0) is 18.4. The first kappa shape index (κ1) is 22.4. The van der Waals surface area contributed by atoms with Crippen molar-refractivity contribution in [1.29, 1.82) is 0 Å². The van der Waals surface area contributed by atoms with Crippen LogP contribution in [-0.2, 0) is 17.7 Å². The lowest BCUT2D eigenvalue weighted by Gasteiger charge is -2.40. The van der Waals surface area contributed by atoms with Crippen molar-refractivity contribution in [2.75, 3.05) is 32.8 Å². The van der Waals surface area contributed by atoms with Gasteiger partial charge in [-0.15, -0.1) is 24.0 Å². The van der Waals surface area contributed by atoms with Crippen molar-refractivity contribution >= 4 is 29.9 Å². The number of halogens is 1. The average Bonchev–Trinajstić information content (AvgIpc) is 3.17. The summed E-state index contributed by atoms with van der Waals surface area (Å²) in [4.78, 5) is 7.43. The second-order valence-electron chi connectivity index (χ2n) is 7.96. The Hall–Kier alpha value is -0.860. The summed E-state index contributed by atoms with van der Waals surface area (Å²) >= 11 is 0. The van der Waals surface area contributed by atoms with Gasteiger partial charge in [-0.2, -0.15) is 0 Å². The van der Waals surface area contributed by atoms with Crippen LogP contribution in [0, 0.1) is 0 Å². The molecule has 2 N–H and O–H groups in total. The molecule has 2 heterocycles. The fourth-order valence-electron chi connectivity index (χ4n) is 3.74. The summed E-state index contributed by atoms with van der Waals surface area (Å²) in [5.74, 6) is 0.897. The van der Waals surface area contributed by atoms with E-state index in [1.807, 2.05) is 0 Å². The maximum Gasteiger partial charge on any atom is 0.191 e. The van der Waals surface area contributed by atoms with Crippen LogP contribution < -0.4 is 10.6 Å². The van der Waals surface area contributed by atoms with Gasteiger partial charge in [-0.25, -0.2) is 0 Å². The number of nitrogens with one attached hydrogen (secondary N) is 2. The van der Waals surface area contributed by atoms with E-state index < -0.39 is 0 Å². The van der Waals surface area contributed by atoms with Gasteiger partial charge in [0.25, 0.3) is 0 Å². The Morgan fingerprint density at radius 1 is 1.26 bits per heavy atom. The predicted octanol–water partition coefficient (Wildman–Crippen LogP) is 3.18. The Labute approximate surface area is 181 Å². The van der Waals surface area contributed by atoms with Crippen LogP contribution in [0.4, 0.5) is 0 Å². The fourth-order valence-corrected chi connectivity index (χ4v) is 3.74. The van der Waals surface area contributed by atoms with Crippen molar-refractivity contribution in [2.24, 2.45) is 4.99 Å². The lowest BCUT2D eigenvalue weighted by molar-refractivity contribution is 0.110. The first-order valence-electron chi connectivity index (χ1n) is 10.0. The molecule has 0 aliphatic carbocycles. The van der Waals surface area contributed by atoms with Crippen LogP contribution >= 0.6 is 24.0 Å². The Kier molecular flexibility index (Phi) is 8.82. The summed E-state index contributed by atoms with van der Waals surface area (Å²) in [6, 6.07) is 8.81. The van der Waals surface area contributed by atoms with Gasteiger partial charge < -0.3 is 15.4 Å². The van der Waals surface area contributed by atoms with E-state index in [4.69, 9.17) is 9.73 Å². The highest BCUT2D eigenvalue weighted by atomic mass is 127. The molecule has 1 unspecified atom stereocenters. The minimum absolute atomic E-state index is 0. The first-order valence-corrected chi connectivity index (χ1v) is 10.0. The van der Waals surface area contributed by atoms with E-state index in [9.17, 15) is 0 Å². The number of ether oxygens (including phenoxy) is 1. The lowest BCUT2D eigenvalue weighted by atomic mass is 9.94. The van der Waals surface area contributed by atoms with Gasteiger partial charge >= 0.3 is 0 Å². The maximum absolute atomic E-state index is 5.70. The fraction of sp³-hybridized carbons (Fsp3) is 0.667. The van der Waals surface area contributed by atoms with Crippen LogP contribution in [0.2, 0.25) is 0 Å². The molecule has 0 radical (unpaired) electrons. The number of fused-ring (bicyclic) bond motifs is 1. The largest absolute Gasteiger partial charge is 0.376 e. The van der Waals surface area contributed by atoms with E-state index >= 15 is 0 Å². The molecular weight excluding hydrogens is 451 g/mol. The number of guanidine groups is 1. The molecular formula is C21H35IN4O. The molecule has 1 atom stereocenters. The van der Waals surface area contributed by atoms with Crippen LogP contribution in [0.25, 0.3) is 0 Å². The molecule has 1 aromatic rings. The van der Waals surface area contributed by atoms with E-state index in [-0.39, 0.29) is 29.5 Å². The standard InChI is InChI=1S/C21H34N4O.HI/c1-4-22-20(23-14-19-10-7-13-26-19)24-16-21(2,3)25-12-11-17-8-5-6-9-18(17)15-25;/h5-6,8-9,19H,4,7,10-16H2,1-3H3,(H2,22,23,24);1H. The van der Waals surface area contributed by atoms with Gasteiger partial charge in [0, 0.05) is 38.3 Å². The molecule has 0 saturated carbocycles. The highest BCUT2D eigenvalue weighted by Crippen LogP contribution is 2.25. The SMILES string of the molecule is CCNC(=NCC(C)(C)N1CCc2ccccc2C1)NCC1CCCO1.I. The number of hydrogen-bond acceptors (Lipinski definition) is 3. The number of aliphatic imine (C=N–C) groups is 1. The lowest BCUT2D eigenvalue weighted by Crippen LogP contribution is -2.49. The van der Waals surface area contributed by atoms with Crippen LogP contribution in [0.15, 0.2) is 29.3 Å². The molecule has 27 heavy (non-hydrogen) atoms. The van der Waals surface area contributed by atoms with Crippen LogP contribution in [-0.4, -0.2) is 55.3 Å². The Balaban J connectivity index is 0.00000261. The summed E-state index contributed by atoms with van der Waals surface area (Å²) in [6.07, 6.45) is 3.76. The van der Waals surface area contributed by atoms with Gasteiger partial charge in [0.05, 0.1) is 12.6 Å². The third-order valence-corrected chi connectivity index (χ3v) is 5.48. The summed E-state index contributed by atoms with van der Waals surface area (Å²) in [7, 11) is 0. The van der Waals surface area contributed by atoms with E-state index in [0.29, 0.717) is 6.10 Å². The normalized spacial score (nSPS) is 20.7. The number of hydrogen-bond donors (Lipinski definition) is 2. The smallest absolute Gasteiger partial charge is 0.191 e. The molecule has 2 aliphatic rings. The molecule has 0 amide bonds. The Morgan fingerprint density at radius 3 is 2.74 bits per heavy atom. The van der Waals surface area contributed by atoms with Crippen molar-refractivity contribution in [2.45, 2.75) is 58.2 Å². The quantitative estimate of drug-likeness (QED) is 0.369. The third-order valence-electron chi connectivity index (χ3n) is 5.48. The van der Waals surface area contributed by atoms with E-state index in [2.05, 4.69) is 60.6 Å². The van der Waals surface area contributed by atoms with Gasteiger partial charge in [-0.05, 0) is 51.2 Å². The van der Waals surface area contributed by atoms with E-state index in [1.165, 1.54) is 17.5 Å². The Morgan fingerprint density at radius 2 is 2.04 bits per heavy atom. The molecule has 3 rings (SSSR count). The zero-order valence-electron chi connectivity index (χ0n) is 17.0. The topological polar surface area (TPSA) is 48.9 Å². The summed E-state index contributed by atoms with van der Waals surface area (Å²) < 4.78 is 5.70. The molecule has 0 bridgehead atoms. The predicted molar refractivity (Wildman–Crippen MR) is 123 cm³/mol. The highest BCUT2D eigenvalue weighted by molar-refractivity contribution is 14.0. The monoisotopic (exact) mass is 486 g/mol.